The van der Waals surface area contributed by atoms with Crippen LogP contribution < -0.4 is 5.32 Å². The zero-order chi connectivity index (χ0) is 19.5. The van der Waals surface area contributed by atoms with Crippen molar-refractivity contribution in [2.75, 3.05) is 5.32 Å². The molecule has 0 bridgehead atoms. The van der Waals surface area contributed by atoms with E-state index < -0.39 is 5.91 Å². The molecule has 0 aliphatic rings. The SMILES string of the molecule is O=C(Nc1cnc(-c2cccc(O)c2)nc1)c1csc(-c2ccccc2F)n1. The first-order valence-electron chi connectivity index (χ1n) is 8.23. The Balaban J connectivity index is 1.49. The minimum absolute atomic E-state index is 0.118. The Morgan fingerprint density at radius 1 is 1.07 bits per heavy atom. The fourth-order valence-corrected chi connectivity index (χ4v) is 3.34. The summed E-state index contributed by atoms with van der Waals surface area (Å²) in [6.07, 6.45) is 2.93. The molecule has 0 fully saturated rings. The monoisotopic (exact) mass is 392 g/mol. The van der Waals surface area contributed by atoms with Crippen molar-refractivity contribution in [3.05, 3.63) is 77.8 Å². The van der Waals surface area contributed by atoms with Gasteiger partial charge in [-0.25, -0.2) is 19.3 Å². The summed E-state index contributed by atoms with van der Waals surface area (Å²) in [5.74, 6) is -0.288. The number of aromatic hydroxyl groups is 1. The summed E-state index contributed by atoms with van der Waals surface area (Å²) in [5.41, 5.74) is 1.59. The van der Waals surface area contributed by atoms with Gasteiger partial charge in [-0.15, -0.1) is 11.3 Å². The van der Waals surface area contributed by atoms with Gasteiger partial charge in [0.15, 0.2) is 5.82 Å². The average Bonchev–Trinajstić information content (AvgIpc) is 3.19. The fraction of sp³-hybridized carbons (Fsp3) is 0. The second kappa shape index (κ2) is 7.53. The van der Waals surface area contributed by atoms with E-state index in [4.69, 9.17) is 0 Å². The van der Waals surface area contributed by atoms with Gasteiger partial charge in [0.25, 0.3) is 5.91 Å². The first kappa shape index (κ1) is 17.7. The summed E-state index contributed by atoms with van der Waals surface area (Å²) in [6, 6.07) is 12.8. The van der Waals surface area contributed by atoms with Crippen molar-refractivity contribution in [1.29, 1.82) is 0 Å². The smallest absolute Gasteiger partial charge is 0.275 e. The molecule has 28 heavy (non-hydrogen) atoms. The van der Waals surface area contributed by atoms with E-state index in [1.807, 2.05) is 0 Å². The molecular formula is C20H13FN4O2S. The fourth-order valence-electron chi connectivity index (χ4n) is 2.52. The average molecular weight is 392 g/mol. The number of nitrogens with one attached hydrogen (secondary N) is 1. The Labute approximate surface area is 163 Å². The van der Waals surface area contributed by atoms with Crippen molar-refractivity contribution in [3.63, 3.8) is 0 Å². The number of halogens is 1. The van der Waals surface area contributed by atoms with E-state index in [1.54, 1.807) is 47.8 Å². The number of amides is 1. The third-order valence-electron chi connectivity index (χ3n) is 3.86. The van der Waals surface area contributed by atoms with E-state index in [-0.39, 0.29) is 17.3 Å². The molecule has 0 spiro atoms. The van der Waals surface area contributed by atoms with Gasteiger partial charge in [-0.05, 0) is 24.3 Å². The number of phenolic OH excluding ortho intramolecular Hbond substituents is 1. The molecule has 4 rings (SSSR count). The van der Waals surface area contributed by atoms with Gasteiger partial charge in [0.2, 0.25) is 0 Å². The topological polar surface area (TPSA) is 88.0 Å². The van der Waals surface area contributed by atoms with Crippen LogP contribution >= 0.6 is 11.3 Å². The summed E-state index contributed by atoms with van der Waals surface area (Å²) < 4.78 is 13.9. The second-order valence-electron chi connectivity index (χ2n) is 5.82. The summed E-state index contributed by atoms with van der Waals surface area (Å²) in [4.78, 5) is 25.0. The van der Waals surface area contributed by atoms with Crippen LogP contribution in [0.3, 0.4) is 0 Å². The molecule has 8 heteroatoms. The third kappa shape index (κ3) is 3.72. The predicted molar refractivity (Wildman–Crippen MR) is 105 cm³/mol. The Morgan fingerprint density at radius 3 is 2.61 bits per heavy atom. The van der Waals surface area contributed by atoms with Crippen LogP contribution in [0, 0.1) is 5.82 Å². The van der Waals surface area contributed by atoms with E-state index in [0.29, 0.717) is 27.6 Å². The molecule has 2 heterocycles. The summed E-state index contributed by atoms with van der Waals surface area (Å²) in [7, 11) is 0. The molecule has 0 unspecified atom stereocenters. The molecule has 2 N–H and O–H groups in total. The summed E-state index contributed by atoms with van der Waals surface area (Å²) >= 11 is 1.19. The minimum Gasteiger partial charge on any atom is -0.508 e. The zero-order valence-corrected chi connectivity index (χ0v) is 15.2. The number of hydrogen-bond donors (Lipinski definition) is 2. The van der Waals surface area contributed by atoms with E-state index in [9.17, 15) is 14.3 Å². The van der Waals surface area contributed by atoms with Crippen LogP contribution in [-0.4, -0.2) is 26.0 Å². The molecule has 138 valence electrons. The molecule has 4 aromatic rings. The summed E-state index contributed by atoms with van der Waals surface area (Å²) in [6.45, 7) is 0. The predicted octanol–water partition coefficient (Wildman–Crippen LogP) is 4.36. The van der Waals surface area contributed by atoms with Gasteiger partial charge < -0.3 is 10.4 Å². The molecular weight excluding hydrogens is 379 g/mol. The lowest BCUT2D eigenvalue weighted by Crippen LogP contribution is -2.12. The zero-order valence-electron chi connectivity index (χ0n) is 14.3. The number of phenols is 1. The lowest BCUT2D eigenvalue weighted by atomic mass is 10.2. The maximum Gasteiger partial charge on any atom is 0.275 e. The number of hydrogen-bond acceptors (Lipinski definition) is 6. The molecule has 0 radical (unpaired) electrons. The van der Waals surface area contributed by atoms with Crippen molar-refractivity contribution < 1.29 is 14.3 Å². The molecule has 0 aliphatic carbocycles. The highest BCUT2D eigenvalue weighted by atomic mass is 32.1. The Hall–Kier alpha value is -3.65. The van der Waals surface area contributed by atoms with Gasteiger partial charge in [-0.2, -0.15) is 0 Å². The molecule has 1 amide bonds. The highest BCUT2D eigenvalue weighted by molar-refractivity contribution is 7.13. The lowest BCUT2D eigenvalue weighted by Gasteiger charge is -2.04. The van der Waals surface area contributed by atoms with E-state index in [1.165, 1.54) is 29.8 Å². The van der Waals surface area contributed by atoms with Crippen LogP contribution in [0.15, 0.2) is 66.3 Å². The van der Waals surface area contributed by atoms with E-state index >= 15 is 0 Å². The van der Waals surface area contributed by atoms with E-state index in [2.05, 4.69) is 20.3 Å². The van der Waals surface area contributed by atoms with Gasteiger partial charge in [0, 0.05) is 16.5 Å². The van der Waals surface area contributed by atoms with Gasteiger partial charge in [-0.3, -0.25) is 4.79 Å². The molecule has 2 aromatic carbocycles. The maximum atomic E-state index is 13.9. The number of nitrogens with zero attached hydrogens (tertiary/aromatic N) is 3. The first-order chi connectivity index (χ1) is 13.6. The van der Waals surface area contributed by atoms with Gasteiger partial charge in [-0.1, -0.05) is 24.3 Å². The van der Waals surface area contributed by atoms with Gasteiger partial charge >= 0.3 is 0 Å². The molecule has 0 aliphatic heterocycles. The third-order valence-corrected chi connectivity index (χ3v) is 4.73. The highest BCUT2D eigenvalue weighted by Gasteiger charge is 2.14. The van der Waals surface area contributed by atoms with Crippen LogP contribution in [0.1, 0.15) is 10.5 Å². The Bertz CT molecular complexity index is 1140. The normalized spacial score (nSPS) is 10.6. The highest BCUT2D eigenvalue weighted by Crippen LogP contribution is 2.26. The van der Waals surface area contributed by atoms with Crippen molar-refractivity contribution in [1.82, 2.24) is 15.0 Å². The largest absolute Gasteiger partial charge is 0.508 e. The van der Waals surface area contributed by atoms with Crippen LogP contribution in [0.25, 0.3) is 22.0 Å². The van der Waals surface area contributed by atoms with Crippen molar-refractivity contribution in [2.45, 2.75) is 0 Å². The maximum absolute atomic E-state index is 13.9. The number of aromatic nitrogens is 3. The lowest BCUT2D eigenvalue weighted by molar-refractivity contribution is 0.102. The standard InChI is InChI=1S/C20H13FN4O2S/c21-16-7-2-1-6-15(16)20-25-17(11-28-20)19(27)24-13-9-22-18(23-10-13)12-4-3-5-14(26)8-12/h1-11,26H,(H,24,27). The molecule has 0 atom stereocenters. The molecule has 0 saturated carbocycles. The number of anilines is 1. The van der Waals surface area contributed by atoms with Crippen LogP contribution in [0.4, 0.5) is 10.1 Å². The van der Waals surface area contributed by atoms with Gasteiger partial charge in [0.1, 0.15) is 22.3 Å². The van der Waals surface area contributed by atoms with Crippen molar-refractivity contribution >= 4 is 22.9 Å². The minimum atomic E-state index is -0.437. The summed E-state index contributed by atoms with van der Waals surface area (Å²) in [5, 5.41) is 14.2. The number of carbonyl (C=O) groups excluding carboxylic acids is 1. The second-order valence-corrected chi connectivity index (χ2v) is 6.68. The number of carbonyl (C=O) groups is 1. The first-order valence-corrected chi connectivity index (χ1v) is 9.11. The number of rotatable bonds is 4. The van der Waals surface area contributed by atoms with Crippen molar-refractivity contribution in [3.8, 4) is 27.7 Å². The van der Waals surface area contributed by atoms with Gasteiger partial charge in [0.05, 0.1) is 18.1 Å². The van der Waals surface area contributed by atoms with Crippen LogP contribution in [-0.2, 0) is 0 Å². The molecule has 6 nitrogen and oxygen atoms in total. The quantitative estimate of drug-likeness (QED) is 0.539. The van der Waals surface area contributed by atoms with Crippen LogP contribution in [0.5, 0.6) is 5.75 Å². The number of benzene rings is 2. The Morgan fingerprint density at radius 2 is 1.86 bits per heavy atom. The van der Waals surface area contributed by atoms with Crippen molar-refractivity contribution in [2.24, 2.45) is 0 Å². The molecule has 2 aromatic heterocycles. The van der Waals surface area contributed by atoms with Crippen LogP contribution in [0.2, 0.25) is 0 Å². The Kier molecular flexibility index (Phi) is 4.77. The number of thiazole rings is 1. The molecule has 0 saturated heterocycles. The van der Waals surface area contributed by atoms with E-state index in [0.717, 1.165) is 0 Å².